The van der Waals surface area contributed by atoms with E-state index < -0.39 is 0 Å². The number of rotatable bonds is 5. The van der Waals surface area contributed by atoms with E-state index in [0.29, 0.717) is 24.1 Å². The van der Waals surface area contributed by atoms with Crippen LogP contribution in [0.25, 0.3) is 0 Å². The molecule has 1 amide bonds. The van der Waals surface area contributed by atoms with Gasteiger partial charge in [0.1, 0.15) is 10.8 Å². The van der Waals surface area contributed by atoms with E-state index in [1.54, 1.807) is 12.1 Å². The number of piperazine rings is 1. The molecule has 1 fully saturated rings. The fraction of sp³-hybridized carbons (Fsp3) is 0.438. The predicted molar refractivity (Wildman–Crippen MR) is 97.5 cm³/mol. The van der Waals surface area contributed by atoms with Gasteiger partial charge in [0, 0.05) is 32.2 Å². The molecule has 0 spiro atoms. The Balaban J connectivity index is 0.00000225. The van der Waals surface area contributed by atoms with Gasteiger partial charge in [0.05, 0.1) is 6.54 Å². The lowest BCUT2D eigenvalue weighted by molar-refractivity contribution is 0.0950. The number of nitrogens with one attached hydrogen (secondary N) is 2. The van der Waals surface area contributed by atoms with Crippen LogP contribution in [0.15, 0.2) is 24.3 Å². The van der Waals surface area contributed by atoms with Crippen molar-refractivity contribution in [3.63, 3.8) is 0 Å². The average molecular weight is 386 g/mol. The number of carbonyl (C=O) groups is 1. The van der Waals surface area contributed by atoms with Crippen molar-refractivity contribution in [2.45, 2.75) is 26.1 Å². The van der Waals surface area contributed by atoms with Crippen LogP contribution < -0.4 is 10.6 Å². The molecule has 0 unspecified atom stereocenters. The van der Waals surface area contributed by atoms with Crippen molar-refractivity contribution < 1.29 is 9.18 Å². The van der Waals surface area contributed by atoms with Gasteiger partial charge in [-0.2, -0.15) is 0 Å². The fourth-order valence-electron chi connectivity index (χ4n) is 2.56. The molecule has 2 aromatic rings. The van der Waals surface area contributed by atoms with Crippen molar-refractivity contribution in [2.75, 3.05) is 19.6 Å². The standard InChI is InChI=1S/C16H20FN5OS.ClH/c1-11-8-18-6-7-22(11)10-14-20-21-16(24-14)15(23)19-9-12-2-4-13(17)5-3-12;/h2-5,11,18H,6-10H2,1H3,(H,19,23);1H/t11-;/m0./s1. The molecule has 6 nitrogen and oxygen atoms in total. The largest absolute Gasteiger partial charge is 0.346 e. The summed E-state index contributed by atoms with van der Waals surface area (Å²) in [6.07, 6.45) is 0. The summed E-state index contributed by atoms with van der Waals surface area (Å²) in [5.41, 5.74) is 0.837. The van der Waals surface area contributed by atoms with E-state index in [1.807, 2.05) is 0 Å². The van der Waals surface area contributed by atoms with Gasteiger partial charge in [-0.3, -0.25) is 9.69 Å². The maximum atomic E-state index is 12.9. The number of hydrogen-bond donors (Lipinski definition) is 2. The second kappa shape index (κ2) is 9.19. The highest BCUT2D eigenvalue weighted by Crippen LogP contribution is 2.15. The summed E-state index contributed by atoms with van der Waals surface area (Å²) < 4.78 is 12.9. The molecule has 0 aliphatic carbocycles. The van der Waals surface area contributed by atoms with Gasteiger partial charge in [-0.15, -0.1) is 22.6 Å². The van der Waals surface area contributed by atoms with Gasteiger partial charge in [0.2, 0.25) is 5.01 Å². The first-order valence-electron chi connectivity index (χ1n) is 7.91. The van der Waals surface area contributed by atoms with Crippen LogP contribution in [0.1, 0.15) is 27.3 Å². The van der Waals surface area contributed by atoms with Gasteiger partial charge in [0.15, 0.2) is 0 Å². The maximum Gasteiger partial charge on any atom is 0.282 e. The number of aromatic nitrogens is 2. The van der Waals surface area contributed by atoms with E-state index in [1.165, 1.54) is 23.5 Å². The Labute approximate surface area is 156 Å². The summed E-state index contributed by atoms with van der Waals surface area (Å²) >= 11 is 1.32. The zero-order valence-electron chi connectivity index (χ0n) is 13.9. The zero-order valence-corrected chi connectivity index (χ0v) is 15.5. The van der Waals surface area contributed by atoms with Gasteiger partial charge < -0.3 is 10.6 Å². The van der Waals surface area contributed by atoms with E-state index in [0.717, 1.165) is 30.2 Å². The Hall–Kier alpha value is -1.61. The van der Waals surface area contributed by atoms with Crippen molar-refractivity contribution in [3.8, 4) is 0 Å². The molecule has 1 aromatic carbocycles. The van der Waals surface area contributed by atoms with Crippen LogP contribution in [0.2, 0.25) is 0 Å². The lowest BCUT2D eigenvalue weighted by atomic mass is 10.2. The summed E-state index contributed by atoms with van der Waals surface area (Å²) in [5.74, 6) is -0.544. The highest BCUT2D eigenvalue weighted by Gasteiger charge is 2.20. The quantitative estimate of drug-likeness (QED) is 0.821. The van der Waals surface area contributed by atoms with E-state index in [-0.39, 0.29) is 24.1 Å². The monoisotopic (exact) mass is 385 g/mol. The molecule has 0 radical (unpaired) electrons. The van der Waals surface area contributed by atoms with Crippen LogP contribution in [0.4, 0.5) is 4.39 Å². The molecule has 2 N–H and O–H groups in total. The molecule has 25 heavy (non-hydrogen) atoms. The number of benzene rings is 1. The zero-order chi connectivity index (χ0) is 16.9. The van der Waals surface area contributed by atoms with Crippen molar-refractivity contribution >= 4 is 29.7 Å². The Morgan fingerprint density at radius 3 is 2.88 bits per heavy atom. The number of amides is 1. The molecule has 2 heterocycles. The van der Waals surface area contributed by atoms with Crippen molar-refractivity contribution in [1.82, 2.24) is 25.7 Å². The normalized spacial score (nSPS) is 17.8. The molecule has 0 saturated carbocycles. The summed E-state index contributed by atoms with van der Waals surface area (Å²) in [7, 11) is 0. The van der Waals surface area contributed by atoms with Crippen molar-refractivity contribution in [2.24, 2.45) is 0 Å². The molecular weight excluding hydrogens is 365 g/mol. The highest BCUT2D eigenvalue weighted by atomic mass is 35.5. The minimum atomic E-state index is -0.291. The predicted octanol–water partition coefficient (Wildman–Crippen LogP) is 1.82. The maximum absolute atomic E-state index is 12.9. The van der Waals surface area contributed by atoms with E-state index in [9.17, 15) is 9.18 Å². The van der Waals surface area contributed by atoms with Crippen LogP contribution >= 0.6 is 23.7 Å². The fourth-order valence-corrected chi connectivity index (χ4v) is 3.34. The minimum absolute atomic E-state index is 0. The Kier molecular flexibility index (Phi) is 7.24. The lowest BCUT2D eigenvalue weighted by Crippen LogP contribution is -2.49. The molecule has 0 bridgehead atoms. The van der Waals surface area contributed by atoms with Gasteiger partial charge in [0.25, 0.3) is 5.91 Å². The first-order valence-corrected chi connectivity index (χ1v) is 8.73. The molecular formula is C16H21ClFN5OS. The average Bonchev–Trinajstić information content (AvgIpc) is 3.05. The van der Waals surface area contributed by atoms with Crippen LogP contribution in [0.5, 0.6) is 0 Å². The first kappa shape index (κ1) is 19.7. The number of carbonyl (C=O) groups excluding carboxylic acids is 1. The van der Waals surface area contributed by atoms with Gasteiger partial charge >= 0.3 is 0 Å². The topological polar surface area (TPSA) is 70.1 Å². The number of halogens is 2. The molecule has 1 aliphatic rings. The van der Waals surface area contributed by atoms with Crippen LogP contribution in [0, 0.1) is 5.82 Å². The number of hydrogen-bond acceptors (Lipinski definition) is 6. The third kappa shape index (κ3) is 5.43. The second-order valence-corrected chi connectivity index (χ2v) is 6.90. The molecule has 136 valence electrons. The Bertz CT molecular complexity index is 696. The molecule has 1 aromatic heterocycles. The van der Waals surface area contributed by atoms with Gasteiger partial charge in [-0.1, -0.05) is 23.5 Å². The minimum Gasteiger partial charge on any atom is -0.346 e. The van der Waals surface area contributed by atoms with Crippen molar-refractivity contribution in [1.29, 1.82) is 0 Å². The molecule has 9 heteroatoms. The van der Waals surface area contributed by atoms with E-state index in [4.69, 9.17) is 0 Å². The Morgan fingerprint density at radius 1 is 1.40 bits per heavy atom. The van der Waals surface area contributed by atoms with E-state index in [2.05, 4.69) is 32.7 Å². The molecule has 1 aliphatic heterocycles. The Morgan fingerprint density at radius 2 is 2.16 bits per heavy atom. The van der Waals surface area contributed by atoms with Crippen LogP contribution in [-0.2, 0) is 13.1 Å². The van der Waals surface area contributed by atoms with E-state index >= 15 is 0 Å². The van der Waals surface area contributed by atoms with Crippen LogP contribution in [-0.4, -0.2) is 46.7 Å². The highest BCUT2D eigenvalue weighted by molar-refractivity contribution is 7.13. The third-order valence-electron chi connectivity index (χ3n) is 4.00. The van der Waals surface area contributed by atoms with Gasteiger partial charge in [-0.05, 0) is 24.6 Å². The molecule has 1 atom stereocenters. The second-order valence-electron chi connectivity index (χ2n) is 5.83. The molecule has 1 saturated heterocycles. The SMILES string of the molecule is C[C@H]1CNCCN1Cc1nnc(C(=O)NCc2ccc(F)cc2)s1.Cl. The molecule has 3 rings (SSSR count). The summed E-state index contributed by atoms with van der Waals surface area (Å²) in [4.78, 5) is 14.5. The van der Waals surface area contributed by atoms with Crippen LogP contribution in [0.3, 0.4) is 0 Å². The summed E-state index contributed by atoms with van der Waals surface area (Å²) in [6.45, 7) is 6.11. The number of nitrogens with zero attached hydrogens (tertiary/aromatic N) is 3. The smallest absolute Gasteiger partial charge is 0.282 e. The summed E-state index contributed by atoms with van der Waals surface area (Å²) in [6, 6.07) is 6.48. The third-order valence-corrected chi connectivity index (χ3v) is 4.91. The first-order chi connectivity index (χ1) is 11.6. The lowest BCUT2D eigenvalue weighted by Gasteiger charge is -2.32. The van der Waals surface area contributed by atoms with Crippen molar-refractivity contribution in [3.05, 3.63) is 45.7 Å². The van der Waals surface area contributed by atoms with Gasteiger partial charge in [-0.25, -0.2) is 4.39 Å². The summed E-state index contributed by atoms with van der Waals surface area (Å²) in [5, 5.41) is 15.4.